The van der Waals surface area contributed by atoms with Crippen molar-refractivity contribution in [1.82, 2.24) is 0 Å². The van der Waals surface area contributed by atoms with E-state index < -0.39 is 0 Å². The summed E-state index contributed by atoms with van der Waals surface area (Å²) in [5.41, 5.74) is 0. The minimum atomic E-state index is 0.708. The van der Waals surface area contributed by atoms with Crippen LogP contribution in [-0.4, -0.2) is 65.2 Å². The standard InChI is InChI=1S/C12H27O4P/c1-3-13-5-7-15-9-11-17-12-10-16-8-6-14-4-2/h17H,3-12H2,1-2H3. The Bertz CT molecular complexity index is 122. The van der Waals surface area contributed by atoms with Crippen LogP contribution in [0.15, 0.2) is 0 Å². The topological polar surface area (TPSA) is 36.9 Å². The van der Waals surface area contributed by atoms with E-state index in [1.54, 1.807) is 0 Å². The first-order valence-electron chi connectivity index (χ1n) is 6.43. The maximum atomic E-state index is 5.42. The summed E-state index contributed by atoms with van der Waals surface area (Å²) in [6.45, 7) is 10.0. The first-order valence-corrected chi connectivity index (χ1v) is 7.84. The maximum absolute atomic E-state index is 5.42. The molecule has 0 heterocycles. The molecule has 0 aliphatic rings. The van der Waals surface area contributed by atoms with Crippen molar-refractivity contribution in [3.05, 3.63) is 0 Å². The van der Waals surface area contributed by atoms with E-state index in [0.717, 1.165) is 47.3 Å². The molecular weight excluding hydrogens is 239 g/mol. The van der Waals surface area contributed by atoms with Crippen LogP contribution in [0.2, 0.25) is 0 Å². The lowest BCUT2D eigenvalue weighted by atomic mass is 10.7. The predicted octanol–water partition coefficient (Wildman–Crippen LogP) is 1.77. The fourth-order valence-electron chi connectivity index (χ4n) is 1.14. The third-order valence-corrected chi connectivity index (χ3v) is 3.11. The van der Waals surface area contributed by atoms with Crippen LogP contribution in [0.3, 0.4) is 0 Å². The quantitative estimate of drug-likeness (QED) is 0.355. The molecule has 0 amide bonds. The summed E-state index contributed by atoms with van der Waals surface area (Å²) in [5, 5.41) is 0. The SMILES string of the molecule is CCOCCOCCPCCOCCOCC. The van der Waals surface area contributed by atoms with Crippen LogP contribution in [0.4, 0.5) is 0 Å². The van der Waals surface area contributed by atoms with Crippen molar-refractivity contribution in [2.45, 2.75) is 13.8 Å². The zero-order valence-electron chi connectivity index (χ0n) is 11.2. The average molecular weight is 266 g/mol. The van der Waals surface area contributed by atoms with Crippen LogP contribution in [0.1, 0.15) is 13.8 Å². The summed E-state index contributed by atoms with van der Waals surface area (Å²) in [7, 11) is 0.925. The molecule has 0 saturated carbocycles. The third kappa shape index (κ3) is 16.3. The fraction of sp³-hybridized carbons (Fsp3) is 1.00. The van der Waals surface area contributed by atoms with Crippen LogP contribution in [-0.2, 0) is 18.9 Å². The highest BCUT2D eigenvalue weighted by molar-refractivity contribution is 7.38. The second-order valence-electron chi connectivity index (χ2n) is 3.37. The van der Waals surface area contributed by atoms with Gasteiger partial charge in [-0.05, 0) is 26.2 Å². The first-order chi connectivity index (χ1) is 8.41. The van der Waals surface area contributed by atoms with Gasteiger partial charge in [0.1, 0.15) is 0 Å². The molecule has 0 fully saturated rings. The summed E-state index contributed by atoms with van der Waals surface area (Å²) < 4.78 is 21.2. The molecule has 4 nitrogen and oxygen atoms in total. The molecule has 0 radical (unpaired) electrons. The summed E-state index contributed by atoms with van der Waals surface area (Å²) in [6, 6.07) is 0. The monoisotopic (exact) mass is 266 g/mol. The van der Waals surface area contributed by atoms with E-state index in [4.69, 9.17) is 18.9 Å². The van der Waals surface area contributed by atoms with Crippen LogP contribution in [0, 0.1) is 0 Å². The molecule has 0 spiro atoms. The van der Waals surface area contributed by atoms with Crippen molar-refractivity contribution >= 4 is 8.58 Å². The Morgan fingerprint density at radius 3 is 1.41 bits per heavy atom. The molecule has 0 unspecified atom stereocenters. The highest BCUT2D eigenvalue weighted by Gasteiger charge is 1.92. The van der Waals surface area contributed by atoms with E-state index in [1.165, 1.54) is 0 Å². The normalized spacial score (nSPS) is 10.9. The van der Waals surface area contributed by atoms with Crippen molar-refractivity contribution in [3.63, 3.8) is 0 Å². The molecule has 0 aromatic heterocycles. The molecular formula is C12H27O4P. The lowest BCUT2D eigenvalue weighted by Gasteiger charge is -2.06. The highest BCUT2D eigenvalue weighted by atomic mass is 31.1. The Labute approximate surface area is 107 Å². The first kappa shape index (κ1) is 17.3. The zero-order valence-corrected chi connectivity index (χ0v) is 12.2. The summed E-state index contributed by atoms with van der Waals surface area (Å²) in [4.78, 5) is 0. The maximum Gasteiger partial charge on any atom is 0.0700 e. The van der Waals surface area contributed by atoms with Crippen molar-refractivity contribution in [1.29, 1.82) is 0 Å². The number of hydrogen-bond acceptors (Lipinski definition) is 4. The van der Waals surface area contributed by atoms with E-state index in [2.05, 4.69) is 0 Å². The smallest absolute Gasteiger partial charge is 0.0700 e. The van der Waals surface area contributed by atoms with Crippen LogP contribution in [0.5, 0.6) is 0 Å². The minimum absolute atomic E-state index is 0.708. The Morgan fingerprint density at radius 2 is 1.00 bits per heavy atom. The van der Waals surface area contributed by atoms with Crippen LogP contribution >= 0.6 is 8.58 Å². The van der Waals surface area contributed by atoms with Gasteiger partial charge < -0.3 is 18.9 Å². The van der Waals surface area contributed by atoms with Gasteiger partial charge in [0.05, 0.1) is 39.6 Å². The largest absolute Gasteiger partial charge is 0.379 e. The van der Waals surface area contributed by atoms with Gasteiger partial charge in [-0.3, -0.25) is 0 Å². The Kier molecular flexibility index (Phi) is 16.5. The van der Waals surface area contributed by atoms with Crippen molar-refractivity contribution in [3.8, 4) is 0 Å². The molecule has 0 bridgehead atoms. The average Bonchev–Trinajstić information content (AvgIpc) is 2.35. The van der Waals surface area contributed by atoms with Crippen molar-refractivity contribution < 1.29 is 18.9 Å². The Morgan fingerprint density at radius 1 is 0.588 bits per heavy atom. The van der Waals surface area contributed by atoms with Crippen LogP contribution in [0.25, 0.3) is 0 Å². The van der Waals surface area contributed by atoms with Gasteiger partial charge in [0.2, 0.25) is 0 Å². The molecule has 0 saturated heterocycles. The van der Waals surface area contributed by atoms with Gasteiger partial charge in [-0.1, -0.05) is 0 Å². The summed E-state index contributed by atoms with van der Waals surface area (Å²) in [5.74, 6) is 0. The van der Waals surface area contributed by atoms with Gasteiger partial charge in [-0.2, -0.15) is 0 Å². The molecule has 0 aromatic carbocycles. The van der Waals surface area contributed by atoms with Crippen LogP contribution < -0.4 is 0 Å². The fourth-order valence-corrected chi connectivity index (χ4v) is 1.97. The van der Waals surface area contributed by atoms with E-state index in [1.807, 2.05) is 13.8 Å². The van der Waals surface area contributed by atoms with Gasteiger partial charge in [0.25, 0.3) is 0 Å². The number of rotatable bonds is 14. The Hall–Kier alpha value is 0.270. The summed E-state index contributed by atoms with van der Waals surface area (Å²) >= 11 is 0. The predicted molar refractivity (Wildman–Crippen MR) is 72.7 cm³/mol. The Balaban J connectivity index is 2.85. The van der Waals surface area contributed by atoms with Gasteiger partial charge in [-0.15, -0.1) is 8.58 Å². The molecule has 0 rings (SSSR count). The highest BCUT2D eigenvalue weighted by Crippen LogP contribution is 2.07. The molecule has 0 N–H and O–H groups in total. The van der Waals surface area contributed by atoms with Gasteiger partial charge >= 0.3 is 0 Å². The summed E-state index contributed by atoms with van der Waals surface area (Å²) in [6.07, 6.45) is 2.25. The van der Waals surface area contributed by atoms with Crippen molar-refractivity contribution in [2.24, 2.45) is 0 Å². The lowest BCUT2D eigenvalue weighted by molar-refractivity contribution is 0.0579. The third-order valence-electron chi connectivity index (χ3n) is 2.00. The van der Waals surface area contributed by atoms with E-state index in [-0.39, 0.29) is 0 Å². The number of ether oxygens (including phenoxy) is 4. The van der Waals surface area contributed by atoms with Gasteiger partial charge in [-0.25, -0.2) is 0 Å². The van der Waals surface area contributed by atoms with Gasteiger partial charge in [0.15, 0.2) is 0 Å². The minimum Gasteiger partial charge on any atom is -0.379 e. The molecule has 0 aliphatic heterocycles. The number of hydrogen-bond donors (Lipinski definition) is 0. The van der Waals surface area contributed by atoms with E-state index >= 15 is 0 Å². The molecule has 17 heavy (non-hydrogen) atoms. The zero-order chi connectivity index (χ0) is 12.6. The molecule has 0 aliphatic carbocycles. The second-order valence-corrected chi connectivity index (χ2v) is 4.87. The molecule has 0 atom stereocenters. The molecule has 104 valence electrons. The van der Waals surface area contributed by atoms with Crippen molar-refractivity contribution in [2.75, 3.05) is 65.2 Å². The van der Waals surface area contributed by atoms with Gasteiger partial charge in [0, 0.05) is 13.2 Å². The van der Waals surface area contributed by atoms with E-state index in [9.17, 15) is 0 Å². The molecule has 0 aromatic rings. The molecule has 5 heteroatoms. The van der Waals surface area contributed by atoms with E-state index in [0.29, 0.717) is 26.4 Å². The lowest BCUT2D eigenvalue weighted by Crippen LogP contribution is -2.07. The second kappa shape index (κ2) is 16.3.